The highest BCUT2D eigenvalue weighted by atomic mass is 16.5. The Morgan fingerprint density at radius 2 is 2.11 bits per heavy atom. The van der Waals surface area contributed by atoms with Gasteiger partial charge in [-0.05, 0) is 37.4 Å². The van der Waals surface area contributed by atoms with Crippen LogP contribution in [-0.4, -0.2) is 31.2 Å². The molecule has 2 N–H and O–H groups in total. The number of carbonyl (C=O) groups is 1. The van der Waals surface area contributed by atoms with Crippen molar-refractivity contribution in [1.82, 2.24) is 5.32 Å². The van der Waals surface area contributed by atoms with Gasteiger partial charge in [-0.3, -0.25) is 4.79 Å². The van der Waals surface area contributed by atoms with Crippen LogP contribution in [0.1, 0.15) is 18.4 Å². The third kappa shape index (κ3) is 2.40. The second kappa shape index (κ2) is 5.08. The second-order valence-electron chi connectivity index (χ2n) is 4.92. The highest BCUT2D eigenvalue weighted by Gasteiger charge is 2.28. The van der Waals surface area contributed by atoms with Crippen LogP contribution in [-0.2, 0) is 16.0 Å². The maximum Gasteiger partial charge on any atom is 0.253 e. The Kier molecular flexibility index (Phi) is 3.30. The van der Waals surface area contributed by atoms with Gasteiger partial charge in [0.2, 0.25) is 0 Å². The van der Waals surface area contributed by atoms with Crippen molar-refractivity contribution in [2.45, 2.75) is 31.5 Å². The zero-order chi connectivity index (χ0) is 12.4. The lowest BCUT2D eigenvalue weighted by Gasteiger charge is -2.18. The number of anilines is 1. The van der Waals surface area contributed by atoms with Crippen molar-refractivity contribution in [2.24, 2.45) is 0 Å². The number of hydrogen-bond acceptors (Lipinski definition) is 3. The fraction of sp³-hybridized carbons (Fsp3) is 0.500. The Labute approximate surface area is 107 Å². The molecule has 2 atom stereocenters. The molecule has 0 aromatic heterocycles. The van der Waals surface area contributed by atoms with Gasteiger partial charge in [-0.25, -0.2) is 0 Å². The predicted octanol–water partition coefficient (Wildman–Crippen LogP) is 1.32. The molecule has 0 bridgehead atoms. The van der Waals surface area contributed by atoms with E-state index in [4.69, 9.17) is 4.74 Å². The zero-order valence-electron chi connectivity index (χ0n) is 10.3. The molecule has 0 radical (unpaired) electrons. The monoisotopic (exact) mass is 246 g/mol. The minimum Gasteiger partial charge on any atom is -0.364 e. The van der Waals surface area contributed by atoms with Crippen molar-refractivity contribution in [1.29, 1.82) is 0 Å². The van der Waals surface area contributed by atoms with Crippen LogP contribution in [0, 0.1) is 0 Å². The van der Waals surface area contributed by atoms with E-state index in [0.29, 0.717) is 0 Å². The smallest absolute Gasteiger partial charge is 0.253 e. The Morgan fingerprint density at radius 1 is 1.22 bits per heavy atom. The summed E-state index contributed by atoms with van der Waals surface area (Å²) < 4.78 is 5.90. The maximum atomic E-state index is 12.1. The fourth-order valence-corrected chi connectivity index (χ4v) is 2.60. The Bertz CT molecular complexity index is 441. The molecule has 1 fully saturated rings. The molecule has 4 heteroatoms. The molecule has 2 unspecified atom stereocenters. The number of ether oxygens (including phenoxy) is 1. The number of amides is 1. The first-order valence-corrected chi connectivity index (χ1v) is 6.58. The van der Waals surface area contributed by atoms with Crippen LogP contribution >= 0.6 is 0 Å². The Balaban J connectivity index is 1.70. The predicted molar refractivity (Wildman–Crippen MR) is 69.5 cm³/mol. The highest BCUT2D eigenvalue weighted by Crippen LogP contribution is 2.23. The molecular formula is C14H18N2O2. The van der Waals surface area contributed by atoms with Crippen molar-refractivity contribution in [3.63, 3.8) is 0 Å². The summed E-state index contributed by atoms with van der Waals surface area (Å²) in [6, 6.07) is 7.97. The molecule has 96 valence electrons. The van der Waals surface area contributed by atoms with E-state index in [1.54, 1.807) is 0 Å². The molecule has 0 spiro atoms. The van der Waals surface area contributed by atoms with Gasteiger partial charge in [-0.1, -0.05) is 18.2 Å². The first kappa shape index (κ1) is 11.7. The Morgan fingerprint density at radius 3 is 2.94 bits per heavy atom. The molecule has 1 aromatic rings. The van der Waals surface area contributed by atoms with E-state index in [2.05, 4.69) is 16.7 Å². The molecule has 0 saturated carbocycles. The van der Waals surface area contributed by atoms with Crippen LogP contribution in [0.4, 0.5) is 5.69 Å². The summed E-state index contributed by atoms with van der Waals surface area (Å²) in [5.74, 6) is -0.00755. The number of aryl methyl sites for hydroxylation is 1. The third-order valence-corrected chi connectivity index (χ3v) is 3.62. The largest absolute Gasteiger partial charge is 0.364 e. The minimum atomic E-state index is -0.317. The quantitative estimate of drug-likeness (QED) is 0.827. The summed E-state index contributed by atoms with van der Waals surface area (Å²) in [6.45, 7) is 1.84. The van der Waals surface area contributed by atoms with Crippen molar-refractivity contribution in [3.05, 3.63) is 29.8 Å². The summed E-state index contributed by atoms with van der Waals surface area (Å²) in [6.07, 6.45) is 2.51. The van der Waals surface area contributed by atoms with Gasteiger partial charge in [0.15, 0.2) is 0 Å². The number of para-hydroxylation sites is 1. The first-order chi connectivity index (χ1) is 8.83. The summed E-state index contributed by atoms with van der Waals surface area (Å²) in [5, 5.41) is 6.21. The number of hydrogen-bond donors (Lipinski definition) is 2. The first-order valence-electron chi connectivity index (χ1n) is 6.58. The average Bonchev–Trinajstić information content (AvgIpc) is 2.83. The van der Waals surface area contributed by atoms with E-state index in [1.807, 2.05) is 18.2 Å². The van der Waals surface area contributed by atoms with E-state index in [-0.39, 0.29) is 18.1 Å². The van der Waals surface area contributed by atoms with Crippen LogP contribution in [0.15, 0.2) is 24.3 Å². The lowest BCUT2D eigenvalue weighted by atomic mass is 10.1. The van der Waals surface area contributed by atoms with Gasteiger partial charge in [0, 0.05) is 12.2 Å². The molecule has 0 aliphatic carbocycles. The normalized spacial score (nSPS) is 27.4. The Hall–Kier alpha value is -1.39. The van der Waals surface area contributed by atoms with Crippen molar-refractivity contribution >= 4 is 11.6 Å². The molecule has 4 nitrogen and oxygen atoms in total. The molecule has 18 heavy (non-hydrogen) atoms. The summed E-state index contributed by atoms with van der Waals surface area (Å²) in [7, 11) is 0. The van der Waals surface area contributed by atoms with E-state index in [9.17, 15) is 4.79 Å². The van der Waals surface area contributed by atoms with Crippen LogP contribution in [0.25, 0.3) is 0 Å². The molecular weight excluding hydrogens is 228 g/mol. The molecule has 2 aliphatic heterocycles. The lowest BCUT2D eigenvalue weighted by molar-refractivity contribution is -0.130. The molecule has 1 saturated heterocycles. The van der Waals surface area contributed by atoms with Gasteiger partial charge in [0.05, 0.1) is 6.10 Å². The number of benzene rings is 1. The summed E-state index contributed by atoms with van der Waals surface area (Å²) >= 11 is 0. The van der Waals surface area contributed by atoms with Crippen LogP contribution in [0.2, 0.25) is 0 Å². The second-order valence-corrected chi connectivity index (χ2v) is 4.92. The molecule has 1 amide bonds. The van der Waals surface area contributed by atoms with E-state index >= 15 is 0 Å². The van der Waals surface area contributed by atoms with Crippen molar-refractivity contribution in [3.8, 4) is 0 Å². The fourth-order valence-electron chi connectivity index (χ4n) is 2.60. The van der Waals surface area contributed by atoms with Crippen molar-refractivity contribution in [2.75, 3.05) is 18.4 Å². The minimum absolute atomic E-state index is 0.00755. The maximum absolute atomic E-state index is 12.1. The van der Waals surface area contributed by atoms with Gasteiger partial charge in [-0.15, -0.1) is 0 Å². The van der Waals surface area contributed by atoms with Gasteiger partial charge in [0.1, 0.15) is 6.10 Å². The third-order valence-electron chi connectivity index (χ3n) is 3.62. The molecule has 2 aliphatic rings. The van der Waals surface area contributed by atoms with Crippen LogP contribution in [0.3, 0.4) is 0 Å². The summed E-state index contributed by atoms with van der Waals surface area (Å²) in [4.78, 5) is 12.1. The molecule has 3 rings (SSSR count). The van der Waals surface area contributed by atoms with E-state index in [0.717, 1.165) is 38.0 Å². The highest BCUT2D eigenvalue weighted by molar-refractivity contribution is 5.95. The van der Waals surface area contributed by atoms with Crippen molar-refractivity contribution < 1.29 is 9.53 Å². The number of carbonyl (C=O) groups excluding carboxylic acids is 1. The van der Waals surface area contributed by atoms with Crippen LogP contribution < -0.4 is 10.6 Å². The van der Waals surface area contributed by atoms with E-state index < -0.39 is 0 Å². The van der Waals surface area contributed by atoms with Gasteiger partial charge < -0.3 is 15.4 Å². The van der Waals surface area contributed by atoms with Gasteiger partial charge in [-0.2, -0.15) is 0 Å². The molecule has 1 aromatic carbocycles. The number of rotatable bonds is 2. The average molecular weight is 246 g/mol. The standard InChI is InChI=1S/C14H18N2O2/c17-14-13(18-11-7-8-15-9-11)6-5-10-3-1-2-4-12(10)16-14/h1-4,11,13,15H,5-9H2,(H,16,17). The van der Waals surface area contributed by atoms with E-state index in [1.165, 1.54) is 5.56 Å². The number of fused-ring (bicyclic) bond motifs is 1. The van der Waals surface area contributed by atoms with Gasteiger partial charge in [0.25, 0.3) is 5.91 Å². The topological polar surface area (TPSA) is 50.4 Å². The SMILES string of the molecule is O=C1Nc2ccccc2CCC1OC1CCNC1. The molecule has 2 heterocycles. The lowest BCUT2D eigenvalue weighted by Crippen LogP contribution is -2.33. The zero-order valence-corrected chi connectivity index (χ0v) is 10.3. The van der Waals surface area contributed by atoms with Gasteiger partial charge >= 0.3 is 0 Å². The number of nitrogens with one attached hydrogen (secondary N) is 2. The summed E-state index contributed by atoms with van der Waals surface area (Å²) in [5.41, 5.74) is 2.12. The van der Waals surface area contributed by atoms with Crippen LogP contribution in [0.5, 0.6) is 0 Å².